The van der Waals surface area contributed by atoms with Crippen molar-refractivity contribution < 1.29 is 13.2 Å². The molecule has 2 aromatic heterocycles. The zero-order chi connectivity index (χ0) is 20.3. The van der Waals surface area contributed by atoms with E-state index in [2.05, 4.69) is 15.3 Å². The summed E-state index contributed by atoms with van der Waals surface area (Å²) in [6, 6.07) is 13.9. The van der Waals surface area contributed by atoms with Crippen LogP contribution in [0.3, 0.4) is 0 Å². The molecular weight excluding hydrogens is 408 g/mol. The van der Waals surface area contributed by atoms with E-state index in [0.29, 0.717) is 30.2 Å². The molecule has 29 heavy (non-hydrogen) atoms. The maximum Gasteiger partial charge on any atom is 0.243 e. The number of rotatable bonds is 5. The van der Waals surface area contributed by atoms with Crippen molar-refractivity contribution in [3.8, 4) is 11.4 Å². The molecule has 1 aliphatic rings. The van der Waals surface area contributed by atoms with Crippen LogP contribution in [0.1, 0.15) is 12.8 Å². The monoisotopic (exact) mass is 428 g/mol. The number of anilines is 1. The van der Waals surface area contributed by atoms with Gasteiger partial charge in [0.1, 0.15) is 5.69 Å². The molecule has 1 N–H and O–H groups in total. The van der Waals surface area contributed by atoms with Crippen LogP contribution in [-0.4, -0.2) is 41.7 Å². The highest BCUT2D eigenvalue weighted by Gasteiger charge is 2.33. The van der Waals surface area contributed by atoms with Crippen molar-refractivity contribution in [2.45, 2.75) is 17.7 Å². The zero-order valence-electron chi connectivity index (χ0n) is 15.6. The third-order valence-electron chi connectivity index (χ3n) is 4.80. The molecule has 1 fully saturated rings. The molecule has 150 valence electrons. The molecule has 3 heterocycles. The Bertz CT molecular complexity index is 1090. The first kappa shape index (κ1) is 19.7. The third kappa shape index (κ3) is 4.36. The standard InChI is InChI=1S/C20H20N4O3S2/c25-19(23-20-22-18(14-28-20)17-10-4-5-11-21-17)15-7-6-12-24(13-15)29(26,27)16-8-2-1-3-9-16/h1-5,8-11,14-15H,6-7,12-13H2,(H,22,23,25). The maximum absolute atomic E-state index is 12.9. The Morgan fingerprint density at radius 1 is 1.10 bits per heavy atom. The van der Waals surface area contributed by atoms with E-state index in [1.54, 1.807) is 36.5 Å². The first-order valence-corrected chi connectivity index (χ1v) is 11.6. The van der Waals surface area contributed by atoms with Gasteiger partial charge in [-0.2, -0.15) is 4.31 Å². The summed E-state index contributed by atoms with van der Waals surface area (Å²) in [6.45, 7) is 0.587. The van der Waals surface area contributed by atoms with Gasteiger partial charge in [-0.25, -0.2) is 13.4 Å². The van der Waals surface area contributed by atoms with E-state index in [1.807, 2.05) is 23.6 Å². The van der Waals surface area contributed by atoms with E-state index in [4.69, 9.17) is 0 Å². The number of aromatic nitrogens is 2. The van der Waals surface area contributed by atoms with Crippen molar-refractivity contribution in [1.29, 1.82) is 0 Å². The SMILES string of the molecule is O=C(Nc1nc(-c2ccccn2)cs1)C1CCCN(S(=O)(=O)c2ccccc2)C1. The summed E-state index contributed by atoms with van der Waals surface area (Å²) in [4.78, 5) is 21.7. The summed E-state index contributed by atoms with van der Waals surface area (Å²) in [5.74, 6) is -0.621. The second kappa shape index (κ2) is 8.40. The van der Waals surface area contributed by atoms with Gasteiger partial charge in [0.15, 0.2) is 5.13 Å². The van der Waals surface area contributed by atoms with Gasteiger partial charge in [-0.3, -0.25) is 9.78 Å². The maximum atomic E-state index is 12.9. The molecule has 0 spiro atoms. The molecule has 3 aromatic rings. The number of hydrogen-bond acceptors (Lipinski definition) is 6. The Hall–Kier alpha value is -2.62. The molecule has 1 aliphatic heterocycles. The van der Waals surface area contributed by atoms with Crippen molar-refractivity contribution in [2.24, 2.45) is 5.92 Å². The van der Waals surface area contributed by atoms with Crippen LogP contribution < -0.4 is 5.32 Å². The molecule has 0 bridgehead atoms. The normalized spacial score (nSPS) is 17.7. The number of pyridine rings is 1. The first-order valence-electron chi connectivity index (χ1n) is 9.27. The average molecular weight is 429 g/mol. The largest absolute Gasteiger partial charge is 0.302 e. The number of carbonyl (C=O) groups is 1. The van der Waals surface area contributed by atoms with Gasteiger partial charge >= 0.3 is 0 Å². The highest BCUT2D eigenvalue weighted by Crippen LogP contribution is 2.27. The minimum absolute atomic E-state index is 0.168. The van der Waals surface area contributed by atoms with Gasteiger partial charge < -0.3 is 5.32 Å². The second-order valence-electron chi connectivity index (χ2n) is 6.76. The van der Waals surface area contributed by atoms with Gasteiger partial charge in [0.25, 0.3) is 0 Å². The van der Waals surface area contributed by atoms with Crippen LogP contribution in [0.25, 0.3) is 11.4 Å². The minimum Gasteiger partial charge on any atom is -0.302 e. The van der Waals surface area contributed by atoms with Crippen LogP contribution in [0.4, 0.5) is 5.13 Å². The lowest BCUT2D eigenvalue weighted by molar-refractivity contribution is -0.120. The lowest BCUT2D eigenvalue weighted by atomic mass is 9.99. The molecule has 1 amide bonds. The predicted octanol–water partition coefficient (Wildman–Crippen LogP) is 3.24. The molecule has 1 aromatic carbocycles. The van der Waals surface area contributed by atoms with E-state index in [9.17, 15) is 13.2 Å². The quantitative estimate of drug-likeness (QED) is 0.673. The fourth-order valence-corrected chi connectivity index (χ4v) is 5.54. The summed E-state index contributed by atoms with van der Waals surface area (Å²) in [7, 11) is -3.60. The molecular formula is C20H20N4O3S2. The number of sulfonamides is 1. The van der Waals surface area contributed by atoms with Crippen LogP contribution in [0.2, 0.25) is 0 Å². The van der Waals surface area contributed by atoms with E-state index in [-0.39, 0.29) is 17.3 Å². The van der Waals surface area contributed by atoms with Crippen molar-refractivity contribution in [3.05, 3.63) is 60.1 Å². The number of hydrogen-bond donors (Lipinski definition) is 1. The molecule has 1 atom stereocenters. The van der Waals surface area contributed by atoms with Crippen LogP contribution in [0.5, 0.6) is 0 Å². The van der Waals surface area contributed by atoms with E-state index >= 15 is 0 Å². The first-order chi connectivity index (χ1) is 14.0. The summed E-state index contributed by atoms with van der Waals surface area (Å²) >= 11 is 1.33. The highest BCUT2D eigenvalue weighted by molar-refractivity contribution is 7.89. The Morgan fingerprint density at radius 2 is 1.90 bits per heavy atom. The summed E-state index contributed by atoms with van der Waals surface area (Å²) in [6.07, 6.45) is 2.98. The van der Waals surface area contributed by atoms with Crippen LogP contribution in [0, 0.1) is 5.92 Å². The molecule has 1 unspecified atom stereocenters. The van der Waals surface area contributed by atoms with Gasteiger partial charge in [0.2, 0.25) is 15.9 Å². The Balaban J connectivity index is 1.44. The number of carbonyl (C=O) groups excluding carboxylic acids is 1. The Morgan fingerprint density at radius 3 is 2.66 bits per heavy atom. The summed E-state index contributed by atoms with van der Waals surface area (Å²) < 4.78 is 27.1. The number of amides is 1. The smallest absolute Gasteiger partial charge is 0.243 e. The van der Waals surface area contributed by atoms with E-state index in [1.165, 1.54) is 15.6 Å². The topological polar surface area (TPSA) is 92.3 Å². The lowest BCUT2D eigenvalue weighted by Crippen LogP contribution is -2.43. The van der Waals surface area contributed by atoms with E-state index < -0.39 is 15.9 Å². The molecule has 9 heteroatoms. The molecule has 1 saturated heterocycles. The lowest BCUT2D eigenvalue weighted by Gasteiger charge is -2.31. The summed E-state index contributed by atoms with van der Waals surface area (Å²) in [5.41, 5.74) is 1.44. The van der Waals surface area contributed by atoms with Crippen LogP contribution >= 0.6 is 11.3 Å². The number of benzene rings is 1. The highest BCUT2D eigenvalue weighted by atomic mass is 32.2. The number of piperidine rings is 1. The number of thiazole rings is 1. The fraction of sp³-hybridized carbons (Fsp3) is 0.250. The van der Waals surface area contributed by atoms with Crippen molar-refractivity contribution in [2.75, 3.05) is 18.4 Å². The van der Waals surface area contributed by atoms with Gasteiger partial charge in [-0.15, -0.1) is 11.3 Å². The third-order valence-corrected chi connectivity index (χ3v) is 7.43. The molecule has 0 aliphatic carbocycles. The van der Waals surface area contributed by atoms with Gasteiger partial charge in [-0.05, 0) is 37.1 Å². The van der Waals surface area contributed by atoms with Gasteiger partial charge in [0.05, 0.1) is 16.5 Å². The molecule has 0 radical (unpaired) electrons. The van der Waals surface area contributed by atoms with Crippen LogP contribution in [0.15, 0.2) is 65.0 Å². The van der Waals surface area contributed by atoms with Crippen molar-refractivity contribution in [1.82, 2.24) is 14.3 Å². The average Bonchev–Trinajstić information content (AvgIpc) is 3.23. The Kier molecular flexibility index (Phi) is 5.70. The van der Waals surface area contributed by atoms with Gasteiger partial charge in [0, 0.05) is 24.7 Å². The minimum atomic E-state index is -3.60. The zero-order valence-corrected chi connectivity index (χ0v) is 17.2. The van der Waals surface area contributed by atoms with Crippen LogP contribution in [-0.2, 0) is 14.8 Å². The van der Waals surface area contributed by atoms with Crippen molar-refractivity contribution >= 4 is 32.4 Å². The fourth-order valence-electron chi connectivity index (χ4n) is 3.29. The predicted molar refractivity (Wildman–Crippen MR) is 112 cm³/mol. The Labute approximate surface area is 173 Å². The number of nitrogens with zero attached hydrogens (tertiary/aromatic N) is 3. The molecule has 4 rings (SSSR count). The molecule has 7 nitrogen and oxygen atoms in total. The van der Waals surface area contributed by atoms with E-state index in [0.717, 1.165) is 5.69 Å². The van der Waals surface area contributed by atoms with Gasteiger partial charge in [-0.1, -0.05) is 24.3 Å². The molecule has 0 saturated carbocycles. The second-order valence-corrected chi connectivity index (χ2v) is 9.55. The number of nitrogens with one attached hydrogen (secondary N) is 1. The van der Waals surface area contributed by atoms with Crippen molar-refractivity contribution in [3.63, 3.8) is 0 Å². The summed E-state index contributed by atoms with van der Waals surface area (Å²) in [5, 5.41) is 5.16.